The second-order valence-electron chi connectivity index (χ2n) is 12.8. The molecular formula is C36H42F4N4O8. The molecule has 12 nitrogen and oxygen atoms in total. The Morgan fingerprint density at radius 1 is 1.19 bits per heavy atom. The summed E-state index contributed by atoms with van der Waals surface area (Å²) in [6.45, 7) is 5.10. The Bertz CT molecular complexity index is 1660. The highest BCUT2D eigenvalue weighted by molar-refractivity contribution is 5.95. The Kier molecular flexibility index (Phi) is 13.8. The van der Waals surface area contributed by atoms with Gasteiger partial charge >= 0.3 is 18.2 Å². The highest BCUT2D eigenvalue weighted by Crippen LogP contribution is 2.30. The number of aliphatic hydroxyl groups excluding tert-OH is 1. The lowest BCUT2D eigenvalue weighted by atomic mass is 9.93. The van der Waals surface area contributed by atoms with Crippen LogP contribution in [0, 0.1) is 11.8 Å². The van der Waals surface area contributed by atoms with Gasteiger partial charge in [0.05, 0.1) is 24.7 Å². The van der Waals surface area contributed by atoms with Crippen molar-refractivity contribution in [3.63, 3.8) is 0 Å². The number of fused-ring (bicyclic) bond motifs is 3. The number of nitrogens with zero attached hydrogens (tertiary/aromatic N) is 2. The van der Waals surface area contributed by atoms with E-state index in [1.165, 1.54) is 23.1 Å². The molecule has 1 saturated heterocycles. The zero-order valence-corrected chi connectivity index (χ0v) is 28.9. The molecule has 2 bridgehead atoms. The van der Waals surface area contributed by atoms with E-state index >= 15 is 0 Å². The summed E-state index contributed by atoms with van der Waals surface area (Å²) >= 11 is 0. The normalized spacial score (nSPS) is 25.3. The van der Waals surface area contributed by atoms with Gasteiger partial charge in [-0.1, -0.05) is 43.7 Å². The number of carbonyl (C=O) groups is 4. The molecule has 4 rings (SSSR count). The predicted octanol–water partition coefficient (Wildman–Crippen LogP) is 5.55. The molecule has 1 fully saturated rings. The third-order valence-electron chi connectivity index (χ3n) is 8.50. The van der Waals surface area contributed by atoms with Crippen molar-refractivity contribution in [1.29, 1.82) is 0 Å². The molecule has 2 aromatic rings. The van der Waals surface area contributed by atoms with Crippen LogP contribution in [0.5, 0.6) is 0 Å². The maximum absolute atomic E-state index is 14.8. The van der Waals surface area contributed by atoms with Gasteiger partial charge in [-0.25, -0.2) is 19.0 Å². The lowest BCUT2D eigenvalue weighted by Gasteiger charge is -2.30. The highest BCUT2D eigenvalue weighted by Gasteiger charge is 2.39. The van der Waals surface area contributed by atoms with Crippen LogP contribution in [0.1, 0.15) is 62.0 Å². The Morgan fingerprint density at radius 2 is 1.92 bits per heavy atom. The lowest BCUT2D eigenvalue weighted by molar-refractivity contribution is -0.159. The van der Waals surface area contributed by atoms with Gasteiger partial charge in [-0.3, -0.25) is 14.9 Å². The van der Waals surface area contributed by atoms with E-state index in [1.54, 1.807) is 32.9 Å². The fourth-order valence-electron chi connectivity index (χ4n) is 5.83. The molecule has 0 radical (unpaired) electrons. The number of hydrogen-bond donors (Lipinski definition) is 3. The summed E-state index contributed by atoms with van der Waals surface area (Å²) in [4.78, 5) is 57.6. The van der Waals surface area contributed by atoms with Gasteiger partial charge in [0.2, 0.25) is 5.91 Å². The minimum absolute atomic E-state index is 0.0482. The number of aliphatic hydroxyl groups is 1. The SMILES string of the molecule is CC1=CC(O)CC(F)Cc2nc(co2)C(=O)N2CCCC2C(=O)OC(C(C)COC(=O)Nc2ccc(C(F)(F)F)cc2)C(C)/C=C/C(=O)NCC=C1. The van der Waals surface area contributed by atoms with Crippen molar-refractivity contribution in [1.82, 2.24) is 15.2 Å². The quantitative estimate of drug-likeness (QED) is 0.270. The van der Waals surface area contributed by atoms with Crippen molar-refractivity contribution in [3.8, 4) is 0 Å². The van der Waals surface area contributed by atoms with Gasteiger partial charge in [0.25, 0.3) is 5.91 Å². The molecule has 1 aromatic heterocycles. The van der Waals surface area contributed by atoms with E-state index in [-0.39, 0.29) is 56.2 Å². The van der Waals surface area contributed by atoms with E-state index in [0.717, 1.165) is 30.5 Å². The molecule has 0 aliphatic carbocycles. The van der Waals surface area contributed by atoms with Crippen molar-refractivity contribution in [2.45, 2.75) is 77.1 Å². The van der Waals surface area contributed by atoms with Gasteiger partial charge in [0.1, 0.15) is 24.6 Å². The fraction of sp³-hybridized carbons (Fsp3) is 0.472. The molecule has 6 atom stereocenters. The molecule has 6 unspecified atom stereocenters. The van der Waals surface area contributed by atoms with Crippen molar-refractivity contribution in [2.24, 2.45) is 11.8 Å². The maximum Gasteiger partial charge on any atom is 0.416 e. The summed E-state index contributed by atoms with van der Waals surface area (Å²) in [6, 6.07) is 2.79. The second kappa shape index (κ2) is 18.0. The number of anilines is 1. The largest absolute Gasteiger partial charge is 0.460 e. The van der Waals surface area contributed by atoms with Gasteiger partial charge in [-0.15, -0.1) is 0 Å². The number of halogens is 4. The van der Waals surface area contributed by atoms with Gasteiger partial charge in [-0.05, 0) is 50.1 Å². The average Bonchev–Trinajstić information content (AvgIpc) is 3.76. The summed E-state index contributed by atoms with van der Waals surface area (Å²) in [7, 11) is 0. The number of esters is 1. The number of hydrogen-bond acceptors (Lipinski definition) is 9. The first kappa shape index (κ1) is 39.8. The van der Waals surface area contributed by atoms with Crippen LogP contribution in [0.15, 0.2) is 70.9 Å². The molecule has 282 valence electrons. The van der Waals surface area contributed by atoms with Gasteiger partial charge in [0.15, 0.2) is 11.6 Å². The van der Waals surface area contributed by atoms with Gasteiger partial charge < -0.3 is 29.2 Å². The molecule has 1 aromatic carbocycles. The van der Waals surface area contributed by atoms with Crippen molar-refractivity contribution < 1.29 is 55.7 Å². The second-order valence-corrected chi connectivity index (χ2v) is 12.8. The van der Waals surface area contributed by atoms with Crippen molar-refractivity contribution in [3.05, 3.63) is 83.6 Å². The smallest absolute Gasteiger partial charge is 0.416 e. The molecular weight excluding hydrogens is 692 g/mol. The van der Waals surface area contributed by atoms with Crippen molar-refractivity contribution in [2.75, 3.05) is 25.0 Å². The Balaban J connectivity index is 1.52. The number of aromatic nitrogens is 1. The van der Waals surface area contributed by atoms with E-state index in [2.05, 4.69) is 15.6 Å². The summed E-state index contributed by atoms with van der Waals surface area (Å²) in [5.41, 5.74) is -0.309. The topological polar surface area (TPSA) is 160 Å². The van der Waals surface area contributed by atoms with Crippen LogP contribution < -0.4 is 10.6 Å². The predicted molar refractivity (Wildman–Crippen MR) is 179 cm³/mol. The number of ether oxygens (including phenoxy) is 2. The van der Waals surface area contributed by atoms with Crippen LogP contribution in [0.25, 0.3) is 0 Å². The van der Waals surface area contributed by atoms with Crippen LogP contribution in [-0.2, 0) is 31.7 Å². The lowest BCUT2D eigenvalue weighted by Crippen LogP contribution is -2.44. The van der Waals surface area contributed by atoms with Crippen molar-refractivity contribution >= 4 is 29.6 Å². The number of rotatable bonds is 4. The van der Waals surface area contributed by atoms with E-state index in [9.17, 15) is 41.8 Å². The molecule has 2 aliphatic heterocycles. The number of benzene rings is 1. The molecule has 2 aliphatic rings. The molecule has 16 heteroatoms. The Labute approximate surface area is 297 Å². The molecule has 3 N–H and O–H groups in total. The number of oxazole rings is 1. The van der Waals surface area contributed by atoms with Crippen LogP contribution in [0.2, 0.25) is 0 Å². The summed E-state index contributed by atoms with van der Waals surface area (Å²) in [5, 5.41) is 15.4. The molecule has 0 saturated carbocycles. The third kappa shape index (κ3) is 11.5. The standard InChI is InChI=1S/C36H42F4N4O8/c1-21-6-4-14-41-30(46)13-8-22(2)32(23(3)19-51-35(49)42-26-11-9-24(10-12-26)36(38,39)40)52-34(48)29-7-5-15-44(29)33(47)28-20-50-31(43-28)18-25(37)17-27(45)16-21/h4,6,8-13,16,20,22-23,25,27,29,32,45H,5,7,14-15,17-19H2,1-3H3,(H,41,46)(H,42,49)/b6-4?,13-8+,21-16?. The number of allylic oxidation sites excluding steroid dienone is 2. The number of alkyl halides is 4. The minimum Gasteiger partial charge on any atom is -0.460 e. The van der Waals surface area contributed by atoms with E-state index in [0.29, 0.717) is 12.0 Å². The first-order valence-electron chi connectivity index (χ1n) is 16.8. The van der Waals surface area contributed by atoms with E-state index < -0.39 is 71.9 Å². The number of cyclic esters (lactones) is 1. The first-order chi connectivity index (χ1) is 24.6. The van der Waals surface area contributed by atoms with Crippen LogP contribution in [-0.4, -0.2) is 83.0 Å². The fourth-order valence-corrected chi connectivity index (χ4v) is 5.83. The van der Waals surface area contributed by atoms with Gasteiger partial charge in [0, 0.05) is 37.0 Å². The number of amides is 3. The Hall–Kier alpha value is -4.99. The monoisotopic (exact) mass is 734 g/mol. The molecule has 52 heavy (non-hydrogen) atoms. The number of carbonyl (C=O) groups excluding carboxylic acids is 4. The zero-order chi connectivity index (χ0) is 38.0. The van der Waals surface area contributed by atoms with Crippen LogP contribution >= 0.6 is 0 Å². The number of nitrogens with one attached hydrogen (secondary N) is 2. The average molecular weight is 735 g/mol. The summed E-state index contributed by atoms with van der Waals surface area (Å²) in [6.07, 6.45) is -0.240. The van der Waals surface area contributed by atoms with Crippen LogP contribution in [0.3, 0.4) is 0 Å². The zero-order valence-electron chi connectivity index (χ0n) is 28.9. The molecule has 3 amide bonds. The van der Waals surface area contributed by atoms with Gasteiger partial charge in [-0.2, -0.15) is 13.2 Å². The van der Waals surface area contributed by atoms with Crippen LogP contribution in [0.4, 0.5) is 28.0 Å². The summed E-state index contributed by atoms with van der Waals surface area (Å²) < 4.78 is 70.1. The third-order valence-corrected chi connectivity index (χ3v) is 8.50. The maximum atomic E-state index is 14.8. The molecule has 0 spiro atoms. The van der Waals surface area contributed by atoms with E-state index in [1.807, 2.05) is 0 Å². The first-order valence-corrected chi connectivity index (χ1v) is 16.8. The highest BCUT2D eigenvalue weighted by atomic mass is 19.4. The van der Waals surface area contributed by atoms with E-state index in [4.69, 9.17) is 13.9 Å². The molecule has 3 heterocycles. The minimum atomic E-state index is -4.54. The Morgan fingerprint density at radius 3 is 2.63 bits per heavy atom. The summed E-state index contributed by atoms with van der Waals surface area (Å²) in [5.74, 6) is -3.13.